The first-order valence-electron chi connectivity index (χ1n) is 21.6. The molecule has 1 unspecified atom stereocenters. The first kappa shape index (κ1) is 35.5. The van der Waals surface area contributed by atoms with Crippen LogP contribution in [0, 0.1) is 0 Å². The average Bonchev–Trinajstić information content (AvgIpc) is 3.82. The normalized spacial score (nSPS) is 14.5. The summed E-state index contributed by atoms with van der Waals surface area (Å²) >= 11 is 0. The zero-order chi connectivity index (χ0) is 41.6. The molecule has 0 saturated carbocycles. The van der Waals surface area contributed by atoms with Crippen molar-refractivity contribution in [2.45, 2.75) is 12.3 Å². The fraction of sp³-hybridized carbons (Fsp3) is 0.0339. The van der Waals surface area contributed by atoms with E-state index in [0.29, 0.717) is 17.6 Å². The van der Waals surface area contributed by atoms with E-state index in [1.165, 1.54) is 33.2 Å². The topological polar surface area (TPSA) is 43.6 Å². The van der Waals surface area contributed by atoms with E-state index in [1.807, 2.05) is 0 Å². The summed E-state index contributed by atoms with van der Waals surface area (Å²) in [6, 6.07) is 76.9. The molecule has 1 atom stereocenters. The highest BCUT2D eigenvalue weighted by molar-refractivity contribution is 6.11. The summed E-state index contributed by atoms with van der Waals surface area (Å²) in [6.07, 6.45) is 0. The van der Waals surface area contributed by atoms with Crippen molar-refractivity contribution in [1.82, 2.24) is 19.5 Å². The molecule has 3 heterocycles. The molecule has 0 radical (unpaired) electrons. The summed E-state index contributed by atoms with van der Waals surface area (Å²) in [7, 11) is 0. The van der Waals surface area contributed by atoms with Crippen LogP contribution in [0.2, 0.25) is 0 Å². The average molecular weight is 803 g/mol. The van der Waals surface area contributed by atoms with Crippen molar-refractivity contribution in [3.63, 3.8) is 0 Å². The SMILES string of the molecule is CC12c3cccc(c3)-c3cc(-c4ccccc4)cc(c3)-c3nc(-c4cc(-c5ccccc5)cc(-c5ccccc5)c4)nc(n3)-n3c4ccccc4c4cc(c1cc43)-c1ccccc12. The number of fused-ring (bicyclic) bond motifs is 16. The van der Waals surface area contributed by atoms with Gasteiger partial charge in [-0.2, -0.15) is 9.97 Å². The van der Waals surface area contributed by atoms with Gasteiger partial charge in [-0.1, -0.05) is 152 Å². The van der Waals surface area contributed by atoms with Crippen LogP contribution in [0.15, 0.2) is 212 Å². The van der Waals surface area contributed by atoms with Crippen molar-refractivity contribution in [1.29, 1.82) is 0 Å². The molecule has 1 aliphatic heterocycles. The van der Waals surface area contributed by atoms with Crippen LogP contribution in [0.3, 0.4) is 0 Å². The second-order valence-electron chi connectivity index (χ2n) is 17.0. The Morgan fingerprint density at radius 1 is 0.333 bits per heavy atom. The monoisotopic (exact) mass is 802 g/mol. The van der Waals surface area contributed by atoms with Gasteiger partial charge in [0.2, 0.25) is 5.95 Å². The van der Waals surface area contributed by atoms with Crippen molar-refractivity contribution in [3.05, 3.63) is 229 Å². The van der Waals surface area contributed by atoms with Crippen LogP contribution in [0.25, 0.3) is 106 Å². The molecule has 294 valence electrons. The van der Waals surface area contributed by atoms with Crippen LogP contribution in [0.4, 0.5) is 0 Å². The molecule has 4 heteroatoms. The molecule has 2 aromatic heterocycles. The number of nitrogens with zero attached hydrogens (tertiary/aromatic N) is 4. The molecule has 0 amide bonds. The minimum atomic E-state index is -0.428. The van der Waals surface area contributed by atoms with Crippen LogP contribution in [-0.2, 0) is 5.41 Å². The number of hydrogen-bond acceptors (Lipinski definition) is 3. The van der Waals surface area contributed by atoms with Gasteiger partial charge in [0.1, 0.15) is 0 Å². The zero-order valence-electron chi connectivity index (χ0n) is 34.5. The van der Waals surface area contributed by atoms with Crippen LogP contribution >= 0.6 is 0 Å². The molecule has 11 aromatic rings. The predicted molar refractivity (Wildman–Crippen MR) is 258 cm³/mol. The number of aromatic nitrogens is 4. The van der Waals surface area contributed by atoms with Gasteiger partial charge in [-0.3, -0.25) is 4.57 Å². The number of hydrogen-bond donors (Lipinski definition) is 0. The smallest absolute Gasteiger partial charge is 0.238 e. The third-order valence-electron chi connectivity index (χ3n) is 13.4. The van der Waals surface area contributed by atoms with Crippen LogP contribution in [-0.4, -0.2) is 19.5 Å². The van der Waals surface area contributed by atoms with E-state index in [2.05, 4.69) is 224 Å². The van der Waals surface area contributed by atoms with Gasteiger partial charge in [0.25, 0.3) is 0 Å². The van der Waals surface area contributed by atoms with Crippen LogP contribution in [0.1, 0.15) is 23.6 Å². The Labute approximate surface area is 365 Å². The largest absolute Gasteiger partial charge is 0.278 e. The van der Waals surface area contributed by atoms with E-state index in [1.54, 1.807) is 0 Å². The lowest BCUT2D eigenvalue weighted by Crippen LogP contribution is -2.22. The number of benzene rings is 9. The fourth-order valence-corrected chi connectivity index (χ4v) is 10.3. The van der Waals surface area contributed by atoms with Crippen LogP contribution in [0.5, 0.6) is 0 Å². The summed E-state index contributed by atoms with van der Waals surface area (Å²) in [5.74, 6) is 1.79. The minimum absolute atomic E-state index is 0.428. The molecule has 13 rings (SSSR count). The molecule has 0 saturated heterocycles. The molecule has 0 fully saturated rings. The summed E-state index contributed by atoms with van der Waals surface area (Å²) in [4.78, 5) is 16.5. The molecule has 2 aliphatic rings. The van der Waals surface area contributed by atoms with Gasteiger partial charge < -0.3 is 0 Å². The Morgan fingerprint density at radius 3 is 1.46 bits per heavy atom. The van der Waals surface area contributed by atoms with E-state index in [4.69, 9.17) is 15.0 Å². The molecule has 4 nitrogen and oxygen atoms in total. The lowest BCUT2D eigenvalue weighted by atomic mass is 9.73. The molecule has 9 aromatic carbocycles. The second-order valence-corrected chi connectivity index (χ2v) is 17.0. The van der Waals surface area contributed by atoms with E-state index < -0.39 is 5.41 Å². The molecule has 0 N–H and O–H groups in total. The molecule has 0 spiro atoms. The lowest BCUT2D eigenvalue weighted by molar-refractivity contribution is 0.714. The van der Waals surface area contributed by atoms with Gasteiger partial charge in [0.05, 0.1) is 11.0 Å². The Bertz CT molecular complexity index is 3570. The van der Waals surface area contributed by atoms with Crippen LogP contribution < -0.4 is 0 Å². The van der Waals surface area contributed by atoms with Gasteiger partial charge in [-0.05, 0) is 140 Å². The maximum absolute atomic E-state index is 5.51. The van der Waals surface area contributed by atoms with Crippen molar-refractivity contribution in [2.75, 3.05) is 0 Å². The highest BCUT2D eigenvalue weighted by atomic mass is 15.2. The second kappa shape index (κ2) is 13.7. The van der Waals surface area contributed by atoms with Crippen molar-refractivity contribution >= 4 is 21.8 Å². The molecular weight excluding hydrogens is 765 g/mol. The number of para-hydroxylation sites is 1. The third kappa shape index (κ3) is 5.51. The summed E-state index contributed by atoms with van der Waals surface area (Å²) in [5, 5.41) is 2.32. The highest BCUT2D eigenvalue weighted by Crippen LogP contribution is 2.54. The quantitative estimate of drug-likeness (QED) is 0.178. The van der Waals surface area contributed by atoms with E-state index in [9.17, 15) is 0 Å². The van der Waals surface area contributed by atoms with Crippen molar-refractivity contribution in [2.24, 2.45) is 0 Å². The van der Waals surface area contributed by atoms with E-state index in [-0.39, 0.29) is 0 Å². The maximum atomic E-state index is 5.51. The standard InChI is InChI=1S/C59H38N4/c1-59-47-23-15-22-40(34-47)44-29-43(39-20-9-4-10-21-39)32-46(33-44)57-60-56(45-30-41(37-16-5-2-6-17-37)28-42(31-45)38-18-7-3-8-19-38)61-58(62-57)63-54-27-14-12-25-49(54)51-35-50(53(59)36-55(51)63)48-24-11-13-26-52(48)59/h2-36H,1H3. The third-order valence-corrected chi connectivity index (χ3v) is 13.4. The van der Waals surface area contributed by atoms with Gasteiger partial charge in [-0.25, -0.2) is 4.98 Å². The molecule has 1 aliphatic carbocycles. The van der Waals surface area contributed by atoms with E-state index in [0.717, 1.165) is 72.1 Å². The fourth-order valence-electron chi connectivity index (χ4n) is 10.3. The van der Waals surface area contributed by atoms with Gasteiger partial charge in [0, 0.05) is 27.3 Å². The Kier molecular flexibility index (Phi) is 7.70. The summed E-state index contributed by atoms with van der Waals surface area (Å²) in [5.41, 5.74) is 18.8. The summed E-state index contributed by atoms with van der Waals surface area (Å²) < 4.78 is 2.27. The Morgan fingerprint density at radius 2 is 0.841 bits per heavy atom. The number of rotatable bonds is 4. The molecule has 63 heavy (non-hydrogen) atoms. The van der Waals surface area contributed by atoms with Crippen molar-refractivity contribution < 1.29 is 0 Å². The zero-order valence-corrected chi connectivity index (χ0v) is 34.5. The van der Waals surface area contributed by atoms with Crippen molar-refractivity contribution in [3.8, 4) is 84.4 Å². The maximum Gasteiger partial charge on any atom is 0.238 e. The minimum Gasteiger partial charge on any atom is -0.278 e. The van der Waals surface area contributed by atoms with Gasteiger partial charge in [0.15, 0.2) is 11.6 Å². The summed E-state index contributed by atoms with van der Waals surface area (Å²) in [6.45, 7) is 2.40. The highest BCUT2D eigenvalue weighted by Gasteiger charge is 2.41. The first-order chi connectivity index (χ1) is 31.1. The first-order valence-corrected chi connectivity index (χ1v) is 21.6. The van der Waals surface area contributed by atoms with Gasteiger partial charge >= 0.3 is 0 Å². The van der Waals surface area contributed by atoms with E-state index >= 15 is 0 Å². The molecular formula is C59H38N4. The molecule has 8 bridgehead atoms. The lowest BCUT2D eigenvalue weighted by Gasteiger charge is -2.29. The Hall–Kier alpha value is -8.21. The van der Waals surface area contributed by atoms with Gasteiger partial charge in [-0.15, -0.1) is 0 Å². The Balaban J connectivity index is 1.17. The predicted octanol–water partition coefficient (Wildman–Crippen LogP) is 14.6.